The van der Waals surface area contributed by atoms with Gasteiger partial charge in [0, 0.05) is 13.6 Å². The van der Waals surface area contributed by atoms with Crippen molar-refractivity contribution in [1.82, 2.24) is 14.3 Å². The molecule has 2 aromatic rings. The molecular weight excluding hydrogens is 292 g/mol. The van der Waals surface area contributed by atoms with E-state index in [2.05, 4.69) is 9.97 Å². The Balaban J connectivity index is 2.38. The molecule has 8 heteroatoms. The second-order valence-corrected chi connectivity index (χ2v) is 7.96. The van der Waals surface area contributed by atoms with Crippen LogP contribution >= 0.6 is 0 Å². The molecule has 4 N–H and O–H groups in total. The van der Waals surface area contributed by atoms with Crippen LogP contribution in [0.4, 0.5) is 0 Å². The molecule has 7 nitrogen and oxygen atoms in total. The quantitative estimate of drug-likeness (QED) is 0.744. The van der Waals surface area contributed by atoms with Gasteiger partial charge < -0.3 is 15.7 Å². The van der Waals surface area contributed by atoms with Crippen LogP contribution in [0.2, 0.25) is 0 Å². The highest BCUT2D eigenvalue weighted by atomic mass is 32.2. The van der Waals surface area contributed by atoms with Crippen molar-refractivity contribution >= 4 is 21.1 Å². The van der Waals surface area contributed by atoms with Gasteiger partial charge in [-0.3, -0.25) is 0 Å². The van der Waals surface area contributed by atoms with E-state index in [4.69, 9.17) is 5.73 Å². The summed E-state index contributed by atoms with van der Waals surface area (Å²) in [5, 5.41) is 0. The second kappa shape index (κ2) is 5.28. The van der Waals surface area contributed by atoms with E-state index in [0.29, 0.717) is 24.1 Å². The van der Waals surface area contributed by atoms with Crippen LogP contribution in [0.5, 0.6) is 0 Å². The van der Waals surface area contributed by atoms with Crippen LogP contribution in [0.3, 0.4) is 0 Å². The summed E-state index contributed by atoms with van der Waals surface area (Å²) in [5.41, 5.74) is 6.01. The smallest absolute Gasteiger partial charge is 0.323 e. The minimum atomic E-state index is -3.62. The Morgan fingerprint density at radius 1 is 1.24 bits per heavy atom. The molecule has 0 saturated carbocycles. The highest BCUT2D eigenvalue weighted by Crippen LogP contribution is 2.22. The van der Waals surface area contributed by atoms with Gasteiger partial charge in [-0.05, 0) is 30.2 Å². The molecule has 0 aliphatic carbocycles. The zero-order valence-electron chi connectivity index (χ0n) is 12.3. The average molecular weight is 312 g/mol. The van der Waals surface area contributed by atoms with Crippen molar-refractivity contribution in [1.29, 1.82) is 0 Å². The number of nitrogens with zero attached hydrogens (tertiary/aromatic N) is 1. The van der Waals surface area contributed by atoms with E-state index in [-0.39, 0.29) is 16.0 Å². The van der Waals surface area contributed by atoms with Gasteiger partial charge in [0.1, 0.15) is 0 Å². The largest absolute Gasteiger partial charge is 0.330 e. The van der Waals surface area contributed by atoms with E-state index in [0.717, 1.165) is 0 Å². The number of nitrogens with one attached hydrogen (secondary N) is 2. The van der Waals surface area contributed by atoms with E-state index in [1.54, 1.807) is 6.07 Å². The number of nitrogens with two attached hydrogens (primary N) is 1. The van der Waals surface area contributed by atoms with Crippen molar-refractivity contribution in [2.75, 3.05) is 20.1 Å². The highest BCUT2D eigenvalue weighted by Gasteiger charge is 2.27. The molecule has 0 fully saturated rings. The van der Waals surface area contributed by atoms with Gasteiger partial charge >= 0.3 is 5.69 Å². The molecule has 0 spiro atoms. The summed E-state index contributed by atoms with van der Waals surface area (Å²) in [7, 11) is -2.10. The summed E-state index contributed by atoms with van der Waals surface area (Å²) >= 11 is 0. The fourth-order valence-corrected chi connectivity index (χ4v) is 3.49. The van der Waals surface area contributed by atoms with Gasteiger partial charge in [-0.25, -0.2) is 17.5 Å². The Bertz CT molecular complexity index is 804. The fraction of sp³-hybridized carbons (Fsp3) is 0.462. The van der Waals surface area contributed by atoms with E-state index >= 15 is 0 Å². The summed E-state index contributed by atoms with van der Waals surface area (Å²) in [6.45, 7) is 4.52. The number of aromatic nitrogens is 2. The van der Waals surface area contributed by atoms with Crippen molar-refractivity contribution in [3.8, 4) is 0 Å². The molecule has 0 aliphatic rings. The maximum Gasteiger partial charge on any atom is 0.323 e. The Morgan fingerprint density at radius 2 is 1.86 bits per heavy atom. The van der Waals surface area contributed by atoms with E-state index in [9.17, 15) is 13.2 Å². The Hall–Kier alpha value is -1.64. The zero-order valence-corrected chi connectivity index (χ0v) is 13.1. The lowest BCUT2D eigenvalue weighted by molar-refractivity contribution is 0.292. The van der Waals surface area contributed by atoms with Crippen molar-refractivity contribution in [2.45, 2.75) is 18.7 Å². The highest BCUT2D eigenvalue weighted by molar-refractivity contribution is 7.89. The summed E-state index contributed by atoms with van der Waals surface area (Å²) in [6, 6.07) is 4.50. The third kappa shape index (κ3) is 3.17. The lowest BCUT2D eigenvalue weighted by Crippen LogP contribution is -2.39. The molecule has 1 aromatic carbocycles. The molecule has 116 valence electrons. The fourth-order valence-electron chi connectivity index (χ4n) is 2.10. The van der Waals surface area contributed by atoms with Crippen LogP contribution in [0, 0.1) is 5.41 Å². The first-order chi connectivity index (χ1) is 9.65. The van der Waals surface area contributed by atoms with E-state index < -0.39 is 10.0 Å². The van der Waals surface area contributed by atoms with Crippen LogP contribution in [0.1, 0.15) is 13.8 Å². The second-order valence-electron chi connectivity index (χ2n) is 5.92. The zero-order chi connectivity index (χ0) is 15.8. The molecular formula is C13H20N4O3S. The number of hydrogen-bond acceptors (Lipinski definition) is 4. The summed E-state index contributed by atoms with van der Waals surface area (Å²) < 4.78 is 26.4. The number of benzene rings is 1. The van der Waals surface area contributed by atoms with Crippen LogP contribution in [-0.2, 0) is 10.0 Å². The Kier molecular flexibility index (Phi) is 3.96. The monoisotopic (exact) mass is 312 g/mol. The first-order valence-electron chi connectivity index (χ1n) is 6.54. The molecule has 0 bridgehead atoms. The lowest BCUT2D eigenvalue weighted by atomic mass is 9.94. The SMILES string of the molecule is CN(CC(C)(C)CN)S(=O)(=O)c1ccc2[nH]c(=O)[nH]c2c1. The molecule has 0 unspecified atom stereocenters. The maximum absolute atomic E-state index is 12.6. The minimum Gasteiger partial charge on any atom is -0.330 e. The number of rotatable bonds is 5. The van der Waals surface area contributed by atoms with E-state index in [1.165, 1.54) is 23.5 Å². The molecule has 0 radical (unpaired) electrons. The third-order valence-electron chi connectivity index (χ3n) is 3.40. The number of imidazole rings is 1. The maximum atomic E-state index is 12.6. The average Bonchev–Trinajstić information content (AvgIpc) is 2.77. The van der Waals surface area contributed by atoms with Crippen molar-refractivity contribution in [3.05, 3.63) is 28.7 Å². The molecule has 0 atom stereocenters. The van der Waals surface area contributed by atoms with Gasteiger partial charge in [-0.1, -0.05) is 13.8 Å². The van der Waals surface area contributed by atoms with E-state index in [1.807, 2.05) is 13.8 Å². The molecule has 0 aliphatic heterocycles. The van der Waals surface area contributed by atoms with Gasteiger partial charge in [0.15, 0.2) is 0 Å². The van der Waals surface area contributed by atoms with Crippen LogP contribution < -0.4 is 11.4 Å². The normalized spacial score (nSPS) is 13.2. The topological polar surface area (TPSA) is 112 Å². The number of fused-ring (bicyclic) bond motifs is 1. The van der Waals surface area contributed by atoms with Gasteiger partial charge in [0.2, 0.25) is 10.0 Å². The molecule has 1 aromatic heterocycles. The van der Waals surface area contributed by atoms with Crippen LogP contribution in [0.15, 0.2) is 27.9 Å². The van der Waals surface area contributed by atoms with Gasteiger partial charge in [-0.2, -0.15) is 0 Å². The number of H-pyrrole nitrogens is 2. The predicted octanol–water partition coefficient (Wildman–Crippen LogP) is 0.462. The number of hydrogen-bond donors (Lipinski definition) is 3. The van der Waals surface area contributed by atoms with Crippen LogP contribution in [-0.4, -0.2) is 42.8 Å². The van der Waals surface area contributed by atoms with Crippen LogP contribution in [0.25, 0.3) is 11.0 Å². The molecule has 2 rings (SSSR count). The van der Waals surface area contributed by atoms with Crippen molar-refractivity contribution in [2.24, 2.45) is 11.1 Å². The molecule has 0 amide bonds. The molecule has 1 heterocycles. The van der Waals surface area contributed by atoms with Gasteiger partial charge in [0.05, 0.1) is 15.9 Å². The van der Waals surface area contributed by atoms with Gasteiger partial charge in [0.25, 0.3) is 0 Å². The predicted molar refractivity (Wildman–Crippen MR) is 81.6 cm³/mol. The minimum absolute atomic E-state index is 0.139. The van der Waals surface area contributed by atoms with Gasteiger partial charge in [-0.15, -0.1) is 0 Å². The lowest BCUT2D eigenvalue weighted by Gasteiger charge is -2.28. The third-order valence-corrected chi connectivity index (χ3v) is 5.20. The number of sulfonamides is 1. The number of aromatic amines is 2. The summed E-state index contributed by atoms with van der Waals surface area (Å²) in [6.07, 6.45) is 0. The first-order valence-corrected chi connectivity index (χ1v) is 7.98. The molecule has 21 heavy (non-hydrogen) atoms. The van der Waals surface area contributed by atoms with Crippen molar-refractivity contribution in [3.63, 3.8) is 0 Å². The molecule has 0 saturated heterocycles. The summed E-state index contributed by atoms with van der Waals surface area (Å²) in [4.78, 5) is 16.5. The Labute approximate surface area is 123 Å². The summed E-state index contributed by atoms with van der Waals surface area (Å²) in [5.74, 6) is 0. The van der Waals surface area contributed by atoms with Crippen molar-refractivity contribution < 1.29 is 8.42 Å². The first kappa shape index (κ1) is 15.7. The standard InChI is InChI=1S/C13H20N4O3S/c1-13(2,7-14)8-17(3)21(19,20)9-4-5-10-11(6-9)16-12(18)15-10/h4-6H,7-8,14H2,1-3H3,(H2,15,16,18). The Morgan fingerprint density at radius 3 is 2.48 bits per heavy atom.